The number of carbonyl (C=O) groups is 1. The first-order chi connectivity index (χ1) is 13.5. The number of aryl methyl sites for hydroxylation is 1. The molecule has 2 aromatic heterocycles. The molecule has 0 N–H and O–H groups in total. The summed E-state index contributed by atoms with van der Waals surface area (Å²) in [7, 11) is -3.23. The number of nitrogens with zero attached hydrogens (tertiary/aromatic N) is 3. The van der Waals surface area contributed by atoms with E-state index in [4.69, 9.17) is 4.42 Å². The fourth-order valence-electron chi connectivity index (χ4n) is 2.63. The maximum Gasteiger partial charge on any atom is 0.266 e. The lowest BCUT2D eigenvalue weighted by molar-refractivity contribution is 0.0978. The molecule has 0 saturated carbocycles. The fourth-order valence-corrected chi connectivity index (χ4v) is 3.26. The van der Waals surface area contributed by atoms with E-state index in [0.29, 0.717) is 23.7 Å². The molecule has 2 heterocycles. The SMILES string of the molecule is CC(C)(C)c1nnc(-c2cccc(C(=O)CCc3ccc(S(C)(=O)=O)cc3)n2)o1. The Hall–Kier alpha value is -2.87. The molecule has 0 saturated heterocycles. The van der Waals surface area contributed by atoms with Crippen LogP contribution in [0.25, 0.3) is 11.6 Å². The highest BCUT2D eigenvalue weighted by Crippen LogP contribution is 2.24. The molecule has 7 nitrogen and oxygen atoms in total. The van der Waals surface area contributed by atoms with Crippen molar-refractivity contribution in [3.63, 3.8) is 0 Å². The van der Waals surface area contributed by atoms with E-state index in [9.17, 15) is 13.2 Å². The molecule has 0 radical (unpaired) electrons. The smallest absolute Gasteiger partial charge is 0.266 e. The molecule has 3 rings (SSSR count). The highest BCUT2D eigenvalue weighted by atomic mass is 32.2. The van der Waals surface area contributed by atoms with Crippen LogP contribution in [-0.2, 0) is 21.7 Å². The van der Waals surface area contributed by atoms with Crippen molar-refractivity contribution in [3.8, 4) is 11.6 Å². The van der Waals surface area contributed by atoms with Crippen LogP contribution in [0, 0.1) is 0 Å². The Morgan fingerprint density at radius 3 is 2.31 bits per heavy atom. The number of hydrogen-bond acceptors (Lipinski definition) is 7. The zero-order valence-corrected chi connectivity index (χ0v) is 17.7. The molecule has 0 unspecified atom stereocenters. The molecule has 152 valence electrons. The molecular weight excluding hydrogens is 390 g/mol. The van der Waals surface area contributed by atoms with E-state index in [0.717, 1.165) is 11.8 Å². The van der Waals surface area contributed by atoms with Gasteiger partial charge in [0.1, 0.15) is 11.4 Å². The van der Waals surface area contributed by atoms with Gasteiger partial charge in [0.15, 0.2) is 15.6 Å². The summed E-state index contributed by atoms with van der Waals surface area (Å²) in [6.45, 7) is 5.92. The number of rotatable bonds is 6. The van der Waals surface area contributed by atoms with Gasteiger partial charge in [-0.1, -0.05) is 39.0 Å². The third-order valence-electron chi connectivity index (χ3n) is 4.31. The third kappa shape index (κ3) is 5.14. The minimum absolute atomic E-state index is 0.116. The molecule has 1 aromatic carbocycles. The van der Waals surface area contributed by atoms with Crippen molar-refractivity contribution < 1.29 is 17.6 Å². The number of hydrogen-bond donors (Lipinski definition) is 0. The van der Waals surface area contributed by atoms with E-state index in [1.807, 2.05) is 20.8 Å². The standard InChI is InChI=1S/C21H23N3O4S/c1-21(2,3)20-24-23-19(28-20)17-7-5-6-16(22-17)18(25)13-10-14-8-11-15(12-9-14)29(4,26)27/h5-9,11-12H,10,13H2,1-4H3. The lowest BCUT2D eigenvalue weighted by Crippen LogP contribution is -2.11. The van der Waals surface area contributed by atoms with Crippen molar-refractivity contribution in [3.05, 3.63) is 59.6 Å². The average Bonchev–Trinajstić information content (AvgIpc) is 3.16. The number of benzene rings is 1. The van der Waals surface area contributed by atoms with Crippen molar-refractivity contribution >= 4 is 15.6 Å². The summed E-state index contributed by atoms with van der Waals surface area (Å²) in [5.74, 6) is 0.666. The van der Waals surface area contributed by atoms with E-state index in [-0.39, 0.29) is 28.4 Å². The van der Waals surface area contributed by atoms with Gasteiger partial charge in [0.05, 0.1) is 4.90 Å². The fraction of sp³-hybridized carbons (Fsp3) is 0.333. The molecule has 0 aliphatic heterocycles. The number of pyridine rings is 1. The summed E-state index contributed by atoms with van der Waals surface area (Å²) in [6, 6.07) is 11.7. The van der Waals surface area contributed by atoms with Crippen molar-refractivity contribution in [2.24, 2.45) is 0 Å². The van der Waals surface area contributed by atoms with Crippen LogP contribution in [0.4, 0.5) is 0 Å². The molecule has 0 bridgehead atoms. The van der Waals surface area contributed by atoms with Gasteiger partial charge in [-0.3, -0.25) is 4.79 Å². The molecule has 3 aromatic rings. The van der Waals surface area contributed by atoms with Gasteiger partial charge >= 0.3 is 0 Å². The van der Waals surface area contributed by atoms with Gasteiger partial charge < -0.3 is 4.42 Å². The van der Waals surface area contributed by atoms with E-state index in [1.54, 1.807) is 42.5 Å². The Balaban J connectivity index is 1.70. The first-order valence-electron chi connectivity index (χ1n) is 9.17. The molecule has 0 aliphatic carbocycles. The Labute approximate surface area is 170 Å². The van der Waals surface area contributed by atoms with E-state index >= 15 is 0 Å². The van der Waals surface area contributed by atoms with Gasteiger partial charge in [-0.25, -0.2) is 13.4 Å². The van der Waals surface area contributed by atoms with Crippen LogP contribution >= 0.6 is 0 Å². The lowest BCUT2D eigenvalue weighted by Gasteiger charge is -2.10. The highest BCUT2D eigenvalue weighted by molar-refractivity contribution is 7.90. The number of sulfone groups is 1. The summed E-state index contributed by atoms with van der Waals surface area (Å²) in [5, 5.41) is 8.09. The Bertz CT molecular complexity index is 1130. The van der Waals surface area contributed by atoms with Crippen LogP contribution in [0.5, 0.6) is 0 Å². The van der Waals surface area contributed by atoms with Gasteiger partial charge in [-0.05, 0) is 36.2 Å². The van der Waals surface area contributed by atoms with Gasteiger partial charge in [0, 0.05) is 18.1 Å². The van der Waals surface area contributed by atoms with Gasteiger partial charge in [0.25, 0.3) is 5.89 Å². The van der Waals surface area contributed by atoms with Crippen LogP contribution in [0.15, 0.2) is 51.8 Å². The van der Waals surface area contributed by atoms with E-state index < -0.39 is 9.84 Å². The Morgan fingerprint density at radius 2 is 1.72 bits per heavy atom. The van der Waals surface area contributed by atoms with Crippen LogP contribution in [-0.4, -0.2) is 35.6 Å². The maximum atomic E-state index is 12.6. The van der Waals surface area contributed by atoms with Crippen LogP contribution in [0.2, 0.25) is 0 Å². The molecule has 0 atom stereocenters. The van der Waals surface area contributed by atoms with Gasteiger partial charge in [0.2, 0.25) is 5.89 Å². The zero-order chi connectivity index (χ0) is 21.2. The summed E-state index contributed by atoms with van der Waals surface area (Å²) >= 11 is 0. The molecule has 0 spiro atoms. The first-order valence-corrected chi connectivity index (χ1v) is 11.1. The highest BCUT2D eigenvalue weighted by Gasteiger charge is 2.22. The van der Waals surface area contributed by atoms with Crippen molar-refractivity contribution in [1.29, 1.82) is 0 Å². The number of carbonyl (C=O) groups excluding carboxylic acids is 1. The maximum absolute atomic E-state index is 12.6. The zero-order valence-electron chi connectivity index (χ0n) is 16.8. The minimum atomic E-state index is -3.23. The quantitative estimate of drug-likeness (QED) is 0.568. The van der Waals surface area contributed by atoms with Crippen LogP contribution < -0.4 is 0 Å². The number of Topliss-reactive ketones (excluding diaryl/α,β-unsaturated/α-hetero) is 1. The Kier molecular flexibility index (Phi) is 5.66. The average molecular weight is 413 g/mol. The summed E-state index contributed by atoms with van der Waals surface area (Å²) in [4.78, 5) is 17.2. The largest absolute Gasteiger partial charge is 0.419 e. The van der Waals surface area contributed by atoms with Crippen molar-refractivity contribution in [2.45, 2.75) is 43.9 Å². The Morgan fingerprint density at radius 1 is 1.03 bits per heavy atom. The number of ketones is 1. The molecule has 0 amide bonds. The van der Waals surface area contributed by atoms with Crippen molar-refractivity contribution in [2.75, 3.05) is 6.26 Å². The summed E-state index contributed by atoms with van der Waals surface area (Å²) in [6.07, 6.45) is 1.91. The normalized spacial score (nSPS) is 12.1. The molecular formula is C21H23N3O4S. The monoisotopic (exact) mass is 413 g/mol. The molecule has 0 fully saturated rings. The second-order valence-electron chi connectivity index (χ2n) is 7.91. The minimum Gasteiger partial charge on any atom is -0.419 e. The predicted octanol–water partition coefficient (Wildman–Crippen LogP) is 3.65. The lowest BCUT2D eigenvalue weighted by atomic mass is 9.97. The third-order valence-corrected chi connectivity index (χ3v) is 5.44. The topological polar surface area (TPSA) is 103 Å². The number of aromatic nitrogens is 3. The summed E-state index contributed by atoms with van der Waals surface area (Å²) < 4.78 is 28.7. The molecule has 0 aliphatic rings. The summed E-state index contributed by atoms with van der Waals surface area (Å²) in [5.41, 5.74) is 1.39. The second-order valence-corrected chi connectivity index (χ2v) is 9.93. The molecule has 8 heteroatoms. The van der Waals surface area contributed by atoms with Gasteiger partial charge in [-0.15, -0.1) is 10.2 Å². The predicted molar refractivity (Wildman–Crippen MR) is 108 cm³/mol. The van der Waals surface area contributed by atoms with Crippen molar-refractivity contribution in [1.82, 2.24) is 15.2 Å². The molecule has 29 heavy (non-hydrogen) atoms. The van der Waals surface area contributed by atoms with E-state index in [1.165, 1.54) is 0 Å². The first kappa shape index (κ1) is 20.9. The second kappa shape index (κ2) is 7.87. The van der Waals surface area contributed by atoms with Gasteiger partial charge in [-0.2, -0.15) is 0 Å². The van der Waals surface area contributed by atoms with Crippen LogP contribution in [0.3, 0.4) is 0 Å². The van der Waals surface area contributed by atoms with E-state index in [2.05, 4.69) is 15.2 Å². The van der Waals surface area contributed by atoms with Crippen LogP contribution in [0.1, 0.15) is 49.1 Å².